The summed E-state index contributed by atoms with van der Waals surface area (Å²) in [5.41, 5.74) is 0. The summed E-state index contributed by atoms with van der Waals surface area (Å²) >= 11 is 0. The molecule has 0 aliphatic rings. The first-order valence-corrected chi connectivity index (χ1v) is 4.46. The van der Waals surface area contributed by atoms with E-state index in [2.05, 4.69) is 24.1 Å². The average Bonchev–Trinajstić information content (AvgIpc) is 2.08. The number of nitrogens with one attached hydrogen (secondary N) is 1. The van der Waals surface area contributed by atoms with Crippen LogP contribution in [0.1, 0.15) is 27.7 Å². The van der Waals surface area contributed by atoms with Gasteiger partial charge >= 0.3 is 0 Å². The van der Waals surface area contributed by atoms with Gasteiger partial charge in [-0.2, -0.15) is 0 Å². The fourth-order valence-electron chi connectivity index (χ4n) is 0.744. The Labute approximate surface area is 75.0 Å². The largest absolute Gasteiger partial charge is 0.368 e. The summed E-state index contributed by atoms with van der Waals surface area (Å²) in [5, 5.41) is 3.19. The van der Waals surface area contributed by atoms with Crippen molar-refractivity contribution in [2.24, 2.45) is 0 Å². The third-order valence-corrected chi connectivity index (χ3v) is 1.10. The predicted octanol–water partition coefficient (Wildman–Crippen LogP) is 2.93. The standard InChI is InChI=1S/C8H12N2.C2H6/c1-7(2)10-8-5-3-4-6-9-8;1-2/h3-7H,1-2H3,(H,9,10);1-2H3. The van der Waals surface area contributed by atoms with Gasteiger partial charge in [0.15, 0.2) is 0 Å². The summed E-state index contributed by atoms with van der Waals surface area (Å²) in [6.07, 6.45) is 1.78. The number of aromatic nitrogens is 1. The maximum Gasteiger partial charge on any atom is 0.126 e. The summed E-state index contributed by atoms with van der Waals surface area (Å²) in [5.74, 6) is 0.942. The molecule has 1 aromatic rings. The maximum atomic E-state index is 4.11. The molecular weight excluding hydrogens is 148 g/mol. The van der Waals surface area contributed by atoms with Gasteiger partial charge in [0.1, 0.15) is 5.82 Å². The molecule has 2 nitrogen and oxygen atoms in total. The van der Waals surface area contributed by atoms with Crippen LogP contribution in [0.2, 0.25) is 0 Å². The van der Waals surface area contributed by atoms with Crippen molar-refractivity contribution >= 4 is 5.82 Å². The number of anilines is 1. The van der Waals surface area contributed by atoms with Crippen molar-refractivity contribution in [3.8, 4) is 0 Å². The first kappa shape index (κ1) is 11.0. The molecule has 0 amide bonds. The van der Waals surface area contributed by atoms with E-state index < -0.39 is 0 Å². The van der Waals surface area contributed by atoms with Crippen molar-refractivity contribution in [2.45, 2.75) is 33.7 Å². The molecule has 1 N–H and O–H groups in total. The van der Waals surface area contributed by atoms with Crippen molar-refractivity contribution in [1.82, 2.24) is 4.98 Å². The minimum absolute atomic E-state index is 0.454. The molecule has 0 aromatic carbocycles. The second kappa shape index (κ2) is 6.65. The van der Waals surface area contributed by atoms with E-state index in [4.69, 9.17) is 0 Å². The van der Waals surface area contributed by atoms with Crippen LogP contribution in [-0.2, 0) is 0 Å². The van der Waals surface area contributed by atoms with E-state index >= 15 is 0 Å². The van der Waals surface area contributed by atoms with Crippen LogP contribution in [0.15, 0.2) is 24.4 Å². The van der Waals surface area contributed by atoms with Crippen molar-refractivity contribution in [2.75, 3.05) is 5.32 Å². The lowest BCUT2D eigenvalue weighted by Gasteiger charge is -2.06. The second-order valence-electron chi connectivity index (χ2n) is 2.51. The van der Waals surface area contributed by atoms with E-state index in [-0.39, 0.29) is 0 Å². The van der Waals surface area contributed by atoms with Crippen LogP contribution in [0, 0.1) is 0 Å². The third kappa shape index (κ3) is 4.72. The number of hydrogen-bond acceptors (Lipinski definition) is 2. The predicted molar refractivity (Wildman–Crippen MR) is 54.3 cm³/mol. The number of hydrogen-bond donors (Lipinski definition) is 1. The summed E-state index contributed by atoms with van der Waals surface area (Å²) in [6, 6.07) is 6.29. The summed E-state index contributed by atoms with van der Waals surface area (Å²) in [6.45, 7) is 8.18. The molecule has 1 heterocycles. The molecule has 68 valence electrons. The van der Waals surface area contributed by atoms with E-state index in [1.54, 1.807) is 6.20 Å². The first-order valence-electron chi connectivity index (χ1n) is 4.46. The lowest BCUT2D eigenvalue weighted by molar-refractivity contribution is 0.889. The van der Waals surface area contributed by atoms with Gasteiger partial charge in [0, 0.05) is 12.2 Å². The van der Waals surface area contributed by atoms with E-state index in [9.17, 15) is 0 Å². The highest BCUT2D eigenvalue weighted by molar-refractivity contribution is 5.33. The SMILES string of the molecule is CC.CC(C)Nc1ccccn1. The van der Waals surface area contributed by atoms with Crippen molar-refractivity contribution in [3.63, 3.8) is 0 Å². The van der Waals surface area contributed by atoms with Crippen molar-refractivity contribution in [1.29, 1.82) is 0 Å². The van der Waals surface area contributed by atoms with Crippen molar-refractivity contribution < 1.29 is 0 Å². The molecule has 1 rings (SSSR count). The Morgan fingerprint density at radius 3 is 2.33 bits per heavy atom. The summed E-state index contributed by atoms with van der Waals surface area (Å²) in [7, 11) is 0. The molecule has 0 spiro atoms. The molecule has 0 saturated heterocycles. The highest BCUT2D eigenvalue weighted by Gasteiger charge is 1.91. The Bertz CT molecular complexity index is 182. The fourth-order valence-corrected chi connectivity index (χ4v) is 0.744. The monoisotopic (exact) mass is 166 g/mol. The van der Waals surface area contributed by atoms with Crippen LogP contribution in [0.3, 0.4) is 0 Å². The second-order valence-corrected chi connectivity index (χ2v) is 2.51. The van der Waals surface area contributed by atoms with Gasteiger partial charge < -0.3 is 5.32 Å². The molecular formula is C10H18N2. The van der Waals surface area contributed by atoms with Gasteiger partial charge in [-0.3, -0.25) is 0 Å². The summed E-state index contributed by atoms with van der Waals surface area (Å²) in [4.78, 5) is 4.11. The minimum Gasteiger partial charge on any atom is -0.368 e. The highest BCUT2D eigenvalue weighted by Crippen LogP contribution is 2.00. The van der Waals surface area contributed by atoms with E-state index in [1.165, 1.54) is 0 Å². The van der Waals surface area contributed by atoms with E-state index in [0.717, 1.165) is 5.82 Å². The zero-order valence-electron chi connectivity index (χ0n) is 8.33. The number of pyridine rings is 1. The van der Waals surface area contributed by atoms with Gasteiger partial charge in [0.2, 0.25) is 0 Å². The van der Waals surface area contributed by atoms with Crippen LogP contribution < -0.4 is 5.32 Å². The average molecular weight is 166 g/mol. The molecule has 0 saturated carbocycles. The molecule has 12 heavy (non-hydrogen) atoms. The van der Waals surface area contributed by atoms with Crippen LogP contribution in [0.5, 0.6) is 0 Å². The molecule has 0 aliphatic heterocycles. The third-order valence-electron chi connectivity index (χ3n) is 1.10. The van der Waals surface area contributed by atoms with E-state index in [0.29, 0.717) is 6.04 Å². The zero-order valence-corrected chi connectivity index (χ0v) is 8.33. The molecule has 0 aliphatic carbocycles. The smallest absolute Gasteiger partial charge is 0.126 e. The molecule has 1 aromatic heterocycles. The van der Waals surface area contributed by atoms with Crippen LogP contribution >= 0.6 is 0 Å². The Kier molecular flexibility index (Phi) is 6.07. The van der Waals surface area contributed by atoms with Gasteiger partial charge in [-0.25, -0.2) is 4.98 Å². The topological polar surface area (TPSA) is 24.9 Å². The molecule has 2 heteroatoms. The number of nitrogens with zero attached hydrogens (tertiary/aromatic N) is 1. The van der Waals surface area contributed by atoms with Crippen LogP contribution in [0.4, 0.5) is 5.82 Å². The Balaban J connectivity index is 0.000000561. The zero-order chi connectivity index (χ0) is 9.40. The van der Waals surface area contributed by atoms with Gasteiger partial charge in [0.25, 0.3) is 0 Å². The number of rotatable bonds is 2. The minimum atomic E-state index is 0.454. The molecule has 0 fully saturated rings. The lowest BCUT2D eigenvalue weighted by atomic mass is 10.4. The first-order chi connectivity index (χ1) is 5.79. The Morgan fingerprint density at radius 2 is 1.92 bits per heavy atom. The van der Waals surface area contributed by atoms with Crippen molar-refractivity contribution in [3.05, 3.63) is 24.4 Å². The Hall–Kier alpha value is -1.05. The molecule has 0 radical (unpaired) electrons. The molecule has 0 atom stereocenters. The normalized spacial score (nSPS) is 8.75. The molecule has 0 unspecified atom stereocenters. The van der Waals surface area contributed by atoms with Gasteiger partial charge in [-0.15, -0.1) is 0 Å². The van der Waals surface area contributed by atoms with Gasteiger partial charge in [0.05, 0.1) is 0 Å². The Morgan fingerprint density at radius 1 is 1.25 bits per heavy atom. The highest BCUT2D eigenvalue weighted by atomic mass is 15.0. The van der Waals surface area contributed by atoms with Gasteiger partial charge in [-0.1, -0.05) is 19.9 Å². The van der Waals surface area contributed by atoms with Crippen LogP contribution in [-0.4, -0.2) is 11.0 Å². The molecule has 0 bridgehead atoms. The maximum absolute atomic E-state index is 4.11. The lowest BCUT2D eigenvalue weighted by Crippen LogP contribution is -2.10. The van der Waals surface area contributed by atoms with E-state index in [1.807, 2.05) is 32.0 Å². The fraction of sp³-hybridized carbons (Fsp3) is 0.500. The summed E-state index contributed by atoms with van der Waals surface area (Å²) < 4.78 is 0. The quantitative estimate of drug-likeness (QED) is 0.730. The van der Waals surface area contributed by atoms with Gasteiger partial charge in [-0.05, 0) is 26.0 Å². The van der Waals surface area contributed by atoms with Crippen LogP contribution in [0.25, 0.3) is 0 Å².